The van der Waals surface area contributed by atoms with Crippen LogP contribution < -0.4 is 0 Å². The molecule has 80 valence electrons. The fourth-order valence-corrected chi connectivity index (χ4v) is 3.87. The van der Waals surface area contributed by atoms with Crippen molar-refractivity contribution in [3.8, 4) is 0 Å². The molecule has 0 aliphatic rings. The monoisotopic (exact) mass is 367 g/mol. The van der Waals surface area contributed by atoms with Crippen molar-refractivity contribution < 1.29 is 5.11 Å². The molecule has 1 atom stereocenters. The molecule has 0 aromatic carbocycles. The lowest BCUT2D eigenvalue weighted by molar-refractivity contribution is 0.183. The molecular weight excluding hydrogens is 362 g/mol. The van der Waals surface area contributed by atoms with E-state index in [1.807, 2.05) is 6.07 Å². The maximum atomic E-state index is 9.98. The molecule has 6 heteroatoms. The van der Waals surface area contributed by atoms with Crippen molar-refractivity contribution in [3.63, 3.8) is 0 Å². The number of hydrogen-bond donors (Lipinski definition) is 1. The van der Waals surface area contributed by atoms with Crippen molar-refractivity contribution in [2.24, 2.45) is 0 Å². The van der Waals surface area contributed by atoms with Crippen LogP contribution in [0.15, 0.2) is 26.0 Å². The van der Waals surface area contributed by atoms with Crippen LogP contribution in [0.4, 0.5) is 0 Å². The molecule has 0 bridgehead atoms. The van der Waals surface area contributed by atoms with Crippen LogP contribution in [0.3, 0.4) is 0 Å². The van der Waals surface area contributed by atoms with E-state index < -0.39 is 6.10 Å². The molecule has 1 N–H and O–H groups in total. The predicted octanol–water partition coefficient (Wildman–Crippen LogP) is 4.01. The SMILES string of the molecule is OC(Cc1cncs1)c1cc(Br)c(Br)s1. The van der Waals surface area contributed by atoms with E-state index in [1.165, 1.54) is 0 Å². The van der Waals surface area contributed by atoms with Crippen LogP contribution in [-0.2, 0) is 6.42 Å². The fraction of sp³-hybridized carbons (Fsp3) is 0.222. The highest BCUT2D eigenvalue weighted by Gasteiger charge is 2.14. The molecule has 2 nitrogen and oxygen atoms in total. The number of thiazole rings is 1. The first-order chi connectivity index (χ1) is 7.16. The Morgan fingerprint density at radius 1 is 1.47 bits per heavy atom. The zero-order chi connectivity index (χ0) is 10.8. The second-order valence-electron chi connectivity index (χ2n) is 2.96. The summed E-state index contributed by atoms with van der Waals surface area (Å²) < 4.78 is 2.01. The minimum atomic E-state index is -0.446. The van der Waals surface area contributed by atoms with Crippen molar-refractivity contribution in [2.75, 3.05) is 0 Å². The number of aromatic nitrogens is 1. The summed E-state index contributed by atoms with van der Waals surface area (Å²) in [6.07, 6.45) is 1.98. The Kier molecular flexibility index (Phi) is 3.95. The third-order valence-electron chi connectivity index (χ3n) is 1.87. The number of aliphatic hydroxyl groups excluding tert-OH is 1. The zero-order valence-electron chi connectivity index (χ0n) is 7.48. The molecular formula is C9H7Br2NOS2. The van der Waals surface area contributed by atoms with Gasteiger partial charge in [0.15, 0.2) is 0 Å². The van der Waals surface area contributed by atoms with Gasteiger partial charge in [0.05, 0.1) is 15.4 Å². The van der Waals surface area contributed by atoms with Gasteiger partial charge in [-0.25, -0.2) is 0 Å². The quantitative estimate of drug-likeness (QED) is 0.887. The fourth-order valence-electron chi connectivity index (χ4n) is 1.16. The van der Waals surface area contributed by atoms with Gasteiger partial charge in [-0.3, -0.25) is 4.98 Å². The van der Waals surface area contributed by atoms with Gasteiger partial charge in [-0.1, -0.05) is 0 Å². The molecule has 0 saturated carbocycles. The third-order valence-corrected chi connectivity index (χ3v) is 6.03. The summed E-state index contributed by atoms with van der Waals surface area (Å²) in [6.45, 7) is 0. The first-order valence-corrected chi connectivity index (χ1v) is 7.45. The molecule has 0 spiro atoms. The Labute approximate surface area is 112 Å². The molecule has 2 heterocycles. The molecule has 2 aromatic rings. The van der Waals surface area contributed by atoms with Crippen LogP contribution in [-0.4, -0.2) is 10.1 Å². The standard InChI is InChI=1S/C9H7Br2NOS2/c10-6-2-8(15-9(6)11)7(13)1-5-3-12-4-14-5/h2-4,7,13H,1H2. The highest BCUT2D eigenvalue weighted by atomic mass is 79.9. The summed E-state index contributed by atoms with van der Waals surface area (Å²) in [6, 6.07) is 1.94. The van der Waals surface area contributed by atoms with Crippen molar-refractivity contribution in [1.29, 1.82) is 0 Å². The summed E-state index contributed by atoms with van der Waals surface area (Å²) >= 11 is 9.93. The second kappa shape index (κ2) is 5.05. The van der Waals surface area contributed by atoms with Gasteiger partial charge in [-0.15, -0.1) is 22.7 Å². The van der Waals surface area contributed by atoms with Crippen molar-refractivity contribution in [1.82, 2.24) is 4.98 Å². The van der Waals surface area contributed by atoms with Crippen molar-refractivity contribution >= 4 is 54.5 Å². The van der Waals surface area contributed by atoms with Crippen LogP contribution >= 0.6 is 54.5 Å². The lowest BCUT2D eigenvalue weighted by Gasteiger charge is -2.05. The van der Waals surface area contributed by atoms with Gasteiger partial charge in [-0.2, -0.15) is 0 Å². The van der Waals surface area contributed by atoms with Crippen LogP contribution in [0.25, 0.3) is 0 Å². The molecule has 1 unspecified atom stereocenters. The lowest BCUT2D eigenvalue weighted by atomic mass is 10.2. The molecule has 0 amide bonds. The normalized spacial score (nSPS) is 13.0. The van der Waals surface area contributed by atoms with Gasteiger partial charge in [0, 0.05) is 26.8 Å². The Bertz CT molecular complexity index is 421. The largest absolute Gasteiger partial charge is 0.387 e. The summed E-state index contributed by atoms with van der Waals surface area (Å²) in [5, 5.41) is 9.98. The highest BCUT2D eigenvalue weighted by Crippen LogP contribution is 2.36. The average molecular weight is 369 g/mol. The van der Waals surface area contributed by atoms with Gasteiger partial charge in [-0.05, 0) is 37.9 Å². The van der Waals surface area contributed by atoms with Gasteiger partial charge >= 0.3 is 0 Å². The van der Waals surface area contributed by atoms with E-state index in [2.05, 4.69) is 36.8 Å². The van der Waals surface area contributed by atoms with E-state index >= 15 is 0 Å². The lowest BCUT2D eigenvalue weighted by Crippen LogP contribution is -1.97. The number of halogens is 2. The third kappa shape index (κ3) is 2.88. The Morgan fingerprint density at radius 3 is 2.80 bits per heavy atom. The van der Waals surface area contributed by atoms with E-state index in [0.717, 1.165) is 18.0 Å². The Hall–Kier alpha value is 0.250. The van der Waals surface area contributed by atoms with Gasteiger partial charge in [0.1, 0.15) is 0 Å². The first kappa shape index (κ1) is 11.7. The molecule has 0 radical (unpaired) electrons. The minimum absolute atomic E-state index is 0.446. The summed E-state index contributed by atoms with van der Waals surface area (Å²) in [4.78, 5) is 6.04. The van der Waals surface area contributed by atoms with E-state index in [0.29, 0.717) is 6.42 Å². The minimum Gasteiger partial charge on any atom is -0.387 e. The van der Waals surface area contributed by atoms with Gasteiger partial charge in [0.25, 0.3) is 0 Å². The van der Waals surface area contributed by atoms with Gasteiger partial charge in [0.2, 0.25) is 0 Å². The van der Waals surface area contributed by atoms with Crippen LogP contribution in [0.5, 0.6) is 0 Å². The maximum absolute atomic E-state index is 9.98. The van der Waals surface area contributed by atoms with E-state index in [4.69, 9.17) is 0 Å². The molecule has 0 saturated heterocycles. The molecule has 0 aliphatic heterocycles. The maximum Gasteiger partial charge on any atom is 0.0931 e. The summed E-state index contributed by atoms with van der Waals surface area (Å²) in [5.74, 6) is 0. The number of thiophene rings is 1. The average Bonchev–Trinajstić information content (AvgIpc) is 2.78. The Balaban J connectivity index is 2.11. The number of nitrogens with zero attached hydrogens (tertiary/aromatic N) is 1. The van der Waals surface area contributed by atoms with E-state index in [9.17, 15) is 5.11 Å². The molecule has 2 aromatic heterocycles. The Morgan fingerprint density at radius 2 is 2.27 bits per heavy atom. The van der Waals surface area contributed by atoms with E-state index in [1.54, 1.807) is 34.4 Å². The second-order valence-corrected chi connectivity index (χ2v) is 7.18. The van der Waals surface area contributed by atoms with Crippen molar-refractivity contribution in [2.45, 2.75) is 12.5 Å². The summed E-state index contributed by atoms with van der Waals surface area (Å²) in [5.41, 5.74) is 1.78. The van der Waals surface area contributed by atoms with Crippen LogP contribution in [0.2, 0.25) is 0 Å². The van der Waals surface area contributed by atoms with Crippen LogP contribution in [0, 0.1) is 0 Å². The molecule has 0 fully saturated rings. The first-order valence-electron chi connectivity index (χ1n) is 4.17. The van der Waals surface area contributed by atoms with E-state index in [-0.39, 0.29) is 0 Å². The molecule has 0 aliphatic carbocycles. The number of rotatable bonds is 3. The number of aliphatic hydroxyl groups is 1. The zero-order valence-corrected chi connectivity index (χ0v) is 12.3. The topological polar surface area (TPSA) is 33.1 Å². The number of hydrogen-bond acceptors (Lipinski definition) is 4. The molecule has 15 heavy (non-hydrogen) atoms. The van der Waals surface area contributed by atoms with Crippen molar-refractivity contribution in [3.05, 3.63) is 35.8 Å². The summed E-state index contributed by atoms with van der Waals surface area (Å²) in [7, 11) is 0. The smallest absolute Gasteiger partial charge is 0.0931 e. The van der Waals surface area contributed by atoms with Gasteiger partial charge < -0.3 is 5.11 Å². The predicted molar refractivity (Wildman–Crippen MR) is 70.5 cm³/mol. The highest BCUT2D eigenvalue weighted by molar-refractivity contribution is 9.13. The molecule has 2 rings (SSSR count). The van der Waals surface area contributed by atoms with Crippen LogP contribution in [0.1, 0.15) is 15.9 Å².